The van der Waals surface area contributed by atoms with Gasteiger partial charge in [0.15, 0.2) is 0 Å². The van der Waals surface area contributed by atoms with Crippen molar-refractivity contribution < 1.29 is 14.3 Å². The number of nitrogen functional groups attached to an aromatic ring is 1. The molecule has 0 atom stereocenters. The number of anilines is 1. The van der Waals surface area contributed by atoms with Gasteiger partial charge in [-0.2, -0.15) is 4.98 Å². The molecule has 0 spiro atoms. The van der Waals surface area contributed by atoms with E-state index in [9.17, 15) is 4.79 Å². The van der Waals surface area contributed by atoms with Crippen LogP contribution in [0.15, 0.2) is 42.7 Å². The molecule has 45 heavy (non-hydrogen) atoms. The molecule has 242 valence electrons. The first-order valence-corrected chi connectivity index (χ1v) is 15.6. The maximum absolute atomic E-state index is 11.6. The number of amidine groups is 1. The number of aldehydes is 1. The number of aryl methyl sites for hydroxylation is 2. The van der Waals surface area contributed by atoms with Crippen LogP contribution in [0.5, 0.6) is 5.88 Å². The monoisotopic (exact) mass is 615 g/mol. The SMILES string of the molecule is CC.CCOC.Cc1cc(C(=N)N)cc(C)c1CNc1cc(OCc2cn3cc(C4CC4)ccc3n2)nc(CC(C)(C)C=O)n1. The minimum absolute atomic E-state index is 0.0506. The van der Waals surface area contributed by atoms with Crippen LogP contribution in [0.4, 0.5) is 5.82 Å². The Balaban J connectivity index is 0.000000853. The van der Waals surface area contributed by atoms with Crippen molar-refractivity contribution in [2.45, 2.75) is 86.8 Å². The molecule has 1 aromatic carbocycles. The van der Waals surface area contributed by atoms with E-state index in [-0.39, 0.29) is 12.4 Å². The first kappa shape index (κ1) is 35.2. The fraction of sp³-hybridized carbons (Fsp3) is 0.457. The van der Waals surface area contributed by atoms with Crippen LogP contribution in [0.2, 0.25) is 0 Å². The number of ether oxygens (including phenoxy) is 2. The van der Waals surface area contributed by atoms with E-state index in [1.54, 1.807) is 13.2 Å². The van der Waals surface area contributed by atoms with Gasteiger partial charge in [0.05, 0.1) is 5.69 Å². The second kappa shape index (κ2) is 16.1. The van der Waals surface area contributed by atoms with Crippen LogP contribution in [0.25, 0.3) is 5.65 Å². The summed E-state index contributed by atoms with van der Waals surface area (Å²) in [6.45, 7) is 15.3. The van der Waals surface area contributed by atoms with Crippen LogP contribution in [0.3, 0.4) is 0 Å². The number of aromatic nitrogens is 4. The van der Waals surface area contributed by atoms with Gasteiger partial charge in [0.1, 0.15) is 36.0 Å². The highest BCUT2D eigenvalue weighted by Crippen LogP contribution is 2.39. The van der Waals surface area contributed by atoms with Crippen molar-refractivity contribution in [2.24, 2.45) is 11.1 Å². The van der Waals surface area contributed by atoms with Gasteiger partial charge in [0.25, 0.3) is 0 Å². The van der Waals surface area contributed by atoms with Gasteiger partial charge in [-0.1, -0.05) is 33.8 Å². The Bertz CT molecular complexity index is 1570. The molecule has 0 saturated heterocycles. The summed E-state index contributed by atoms with van der Waals surface area (Å²) >= 11 is 0. The molecule has 1 aliphatic rings. The second-order valence-corrected chi connectivity index (χ2v) is 11.7. The van der Waals surface area contributed by atoms with Crippen molar-refractivity contribution in [3.63, 3.8) is 0 Å². The molecule has 1 saturated carbocycles. The molecule has 10 heteroatoms. The highest BCUT2D eigenvalue weighted by Gasteiger charge is 2.24. The highest BCUT2D eigenvalue weighted by molar-refractivity contribution is 5.95. The molecule has 4 aromatic rings. The van der Waals surface area contributed by atoms with Crippen LogP contribution >= 0.6 is 0 Å². The average molecular weight is 616 g/mol. The molecular formula is C35H49N7O3. The number of benzene rings is 1. The minimum Gasteiger partial charge on any atom is -0.471 e. The van der Waals surface area contributed by atoms with Crippen molar-refractivity contribution in [3.8, 4) is 5.88 Å². The number of nitrogens with zero attached hydrogens (tertiary/aromatic N) is 4. The lowest BCUT2D eigenvalue weighted by molar-refractivity contribution is -0.114. The van der Waals surface area contributed by atoms with Crippen LogP contribution < -0.4 is 15.8 Å². The van der Waals surface area contributed by atoms with E-state index in [1.165, 1.54) is 18.4 Å². The van der Waals surface area contributed by atoms with Gasteiger partial charge in [0.2, 0.25) is 5.88 Å². The quantitative estimate of drug-likeness (QED) is 0.0927. The van der Waals surface area contributed by atoms with Gasteiger partial charge in [0, 0.05) is 56.1 Å². The fourth-order valence-corrected chi connectivity index (χ4v) is 4.71. The van der Waals surface area contributed by atoms with Crippen LogP contribution in [0.1, 0.15) is 92.7 Å². The average Bonchev–Trinajstić information content (AvgIpc) is 3.79. The van der Waals surface area contributed by atoms with Gasteiger partial charge in [-0.3, -0.25) is 5.41 Å². The molecule has 0 aliphatic heterocycles. The largest absolute Gasteiger partial charge is 0.471 e. The molecule has 10 nitrogen and oxygen atoms in total. The number of nitrogens with one attached hydrogen (secondary N) is 2. The number of methoxy groups -OCH3 is 1. The van der Waals surface area contributed by atoms with E-state index in [0.29, 0.717) is 42.0 Å². The first-order valence-electron chi connectivity index (χ1n) is 15.6. The van der Waals surface area contributed by atoms with E-state index in [0.717, 1.165) is 40.9 Å². The van der Waals surface area contributed by atoms with E-state index in [1.807, 2.05) is 66.8 Å². The molecule has 4 N–H and O–H groups in total. The molecule has 1 aliphatic carbocycles. The van der Waals surface area contributed by atoms with Gasteiger partial charge >= 0.3 is 0 Å². The maximum atomic E-state index is 11.6. The Morgan fingerprint density at radius 3 is 2.36 bits per heavy atom. The van der Waals surface area contributed by atoms with Crippen molar-refractivity contribution in [1.82, 2.24) is 19.4 Å². The topological polar surface area (TPSA) is 141 Å². The number of pyridine rings is 1. The molecule has 3 heterocycles. The van der Waals surface area contributed by atoms with E-state index in [2.05, 4.69) is 47.7 Å². The zero-order chi connectivity index (χ0) is 33.1. The number of hydrogen-bond acceptors (Lipinski definition) is 8. The van der Waals surface area contributed by atoms with Crippen molar-refractivity contribution in [3.05, 3.63) is 82.1 Å². The lowest BCUT2D eigenvalue weighted by Gasteiger charge is -2.18. The van der Waals surface area contributed by atoms with Gasteiger partial charge in [-0.05, 0) is 80.0 Å². The minimum atomic E-state index is -0.605. The summed E-state index contributed by atoms with van der Waals surface area (Å²) in [6.07, 6.45) is 7.97. The maximum Gasteiger partial charge on any atom is 0.219 e. The molecule has 0 unspecified atom stereocenters. The summed E-state index contributed by atoms with van der Waals surface area (Å²) in [5.74, 6) is 2.28. The predicted molar refractivity (Wildman–Crippen MR) is 180 cm³/mol. The third kappa shape index (κ3) is 10.1. The summed E-state index contributed by atoms with van der Waals surface area (Å²) < 4.78 is 12.7. The summed E-state index contributed by atoms with van der Waals surface area (Å²) in [6, 6.07) is 9.82. The van der Waals surface area contributed by atoms with Crippen molar-refractivity contribution in [1.29, 1.82) is 5.41 Å². The van der Waals surface area contributed by atoms with E-state index >= 15 is 0 Å². The Morgan fingerprint density at radius 2 is 1.78 bits per heavy atom. The third-order valence-corrected chi connectivity index (χ3v) is 7.36. The van der Waals surface area contributed by atoms with Gasteiger partial charge < -0.3 is 29.7 Å². The molecule has 0 amide bonds. The number of imidazole rings is 1. The molecule has 1 fully saturated rings. The van der Waals surface area contributed by atoms with Crippen LogP contribution in [-0.2, 0) is 29.1 Å². The lowest BCUT2D eigenvalue weighted by atomic mass is 9.91. The Hall–Kier alpha value is -4.31. The lowest BCUT2D eigenvalue weighted by Crippen LogP contribution is -2.19. The molecule has 5 rings (SSSR count). The van der Waals surface area contributed by atoms with E-state index < -0.39 is 5.41 Å². The number of carbonyl (C=O) groups excluding carboxylic acids is 1. The number of fused-ring (bicyclic) bond motifs is 1. The summed E-state index contributed by atoms with van der Waals surface area (Å²) in [5, 5.41) is 11.1. The van der Waals surface area contributed by atoms with Gasteiger partial charge in [-0.15, -0.1) is 0 Å². The fourth-order valence-electron chi connectivity index (χ4n) is 4.71. The predicted octanol–water partition coefficient (Wildman–Crippen LogP) is 6.54. The zero-order valence-electron chi connectivity index (χ0n) is 28.0. The third-order valence-electron chi connectivity index (χ3n) is 7.36. The summed E-state index contributed by atoms with van der Waals surface area (Å²) in [7, 11) is 1.68. The van der Waals surface area contributed by atoms with Crippen molar-refractivity contribution >= 4 is 23.6 Å². The highest BCUT2D eigenvalue weighted by atomic mass is 16.5. The number of carbonyl (C=O) groups is 1. The van der Waals surface area contributed by atoms with Crippen molar-refractivity contribution in [2.75, 3.05) is 19.0 Å². The summed E-state index contributed by atoms with van der Waals surface area (Å²) in [5.41, 5.74) is 12.0. The van der Waals surface area contributed by atoms with Gasteiger partial charge in [-0.25, -0.2) is 9.97 Å². The number of nitrogens with two attached hydrogens (primary N) is 1. The molecule has 3 aromatic heterocycles. The van der Waals surface area contributed by atoms with E-state index in [4.69, 9.17) is 15.9 Å². The Kier molecular flexibility index (Phi) is 12.6. The smallest absolute Gasteiger partial charge is 0.219 e. The Morgan fingerprint density at radius 1 is 1.11 bits per heavy atom. The zero-order valence-corrected chi connectivity index (χ0v) is 28.0. The second-order valence-electron chi connectivity index (χ2n) is 11.7. The van der Waals surface area contributed by atoms with Crippen LogP contribution in [0, 0.1) is 24.7 Å². The van der Waals surface area contributed by atoms with Crippen LogP contribution in [-0.4, -0.2) is 45.2 Å². The first-order chi connectivity index (χ1) is 21.5. The standard InChI is InChI=1S/C30H35N7O2.C3H8O.C2H6/c1-18-9-22(29(31)32)10-19(2)24(18)13-33-25-11-28(36-26(35-25)12-30(3,4)17-38)39-16-23-15-37-14-21(20-5-6-20)7-8-27(37)34-23;1-3-4-2;1-2/h7-11,14-15,17,20H,5-6,12-13,16H2,1-4H3,(H3,31,32)(H,33,35,36);3H2,1-2H3;1-2H3. The normalized spacial score (nSPS) is 12.4. The number of rotatable bonds is 12. The molecule has 0 bridgehead atoms. The number of hydrogen-bond donors (Lipinski definition) is 3. The molecular weight excluding hydrogens is 566 g/mol. The molecule has 0 radical (unpaired) electrons. The Labute approximate surface area is 267 Å². The summed E-state index contributed by atoms with van der Waals surface area (Å²) in [4.78, 5) is 25.6.